The first kappa shape index (κ1) is 17.9. The van der Waals surface area contributed by atoms with Crippen molar-refractivity contribution >= 4 is 0 Å². The fourth-order valence-corrected chi connectivity index (χ4v) is 4.80. The molecule has 0 aliphatic heterocycles. The van der Waals surface area contributed by atoms with Crippen molar-refractivity contribution in [1.82, 2.24) is 10.6 Å². The highest BCUT2D eigenvalue weighted by molar-refractivity contribution is 5.27. The molecule has 2 saturated carbocycles. The van der Waals surface area contributed by atoms with Gasteiger partial charge >= 0.3 is 0 Å². The first-order chi connectivity index (χ1) is 11.4. The van der Waals surface area contributed by atoms with E-state index in [2.05, 4.69) is 68.7 Å². The second-order valence-electron chi connectivity index (χ2n) is 9.21. The molecular weight excluding hydrogens is 292 g/mol. The topological polar surface area (TPSA) is 24.1 Å². The van der Waals surface area contributed by atoms with Crippen molar-refractivity contribution in [2.45, 2.75) is 102 Å². The van der Waals surface area contributed by atoms with Crippen molar-refractivity contribution in [2.75, 3.05) is 0 Å². The molecule has 3 rings (SSSR count). The lowest BCUT2D eigenvalue weighted by Gasteiger charge is -2.45. The van der Waals surface area contributed by atoms with Crippen LogP contribution in [0.2, 0.25) is 0 Å². The Morgan fingerprint density at radius 1 is 1.08 bits per heavy atom. The molecule has 0 spiro atoms. The SMILES string of the molecule is CCCC1(NC(C)(C)C)CCC(NC2CC2c2ccccc2)CC1. The van der Waals surface area contributed by atoms with Gasteiger partial charge in [-0.25, -0.2) is 0 Å². The molecule has 0 aromatic heterocycles. The zero-order chi connectivity index (χ0) is 17.2. The molecule has 2 nitrogen and oxygen atoms in total. The lowest BCUT2D eigenvalue weighted by atomic mass is 9.75. The fourth-order valence-electron chi connectivity index (χ4n) is 4.80. The maximum atomic E-state index is 3.97. The lowest BCUT2D eigenvalue weighted by Crippen LogP contribution is -2.57. The average Bonchev–Trinajstić information content (AvgIpc) is 3.29. The summed E-state index contributed by atoms with van der Waals surface area (Å²) in [6.45, 7) is 9.25. The van der Waals surface area contributed by atoms with Crippen LogP contribution in [0.4, 0.5) is 0 Å². The lowest BCUT2D eigenvalue weighted by molar-refractivity contribution is 0.148. The van der Waals surface area contributed by atoms with Gasteiger partial charge < -0.3 is 10.6 Å². The summed E-state index contributed by atoms with van der Waals surface area (Å²) in [6, 6.07) is 12.5. The maximum Gasteiger partial charge on any atom is 0.0187 e. The Hall–Kier alpha value is -0.860. The third-order valence-electron chi connectivity index (χ3n) is 5.78. The fraction of sp³-hybridized carbons (Fsp3) is 0.727. The summed E-state index contributed by atoms with van der Waals surface area (Å²) >= 11 is 0. The van der Waals surface area contributed by atoms with Crippen LogP contribution in [-0.2, 0) is 0 Å². The van der Waals surface area contributed by atoms with Gasteiger partial charge in [-0.1, -0.05) is 43.7 Å². The second-order valence-corrected chi connectivity index (χ2v) is 9.21. The van der Waals surface area contributed by atoms with Crippen LogP contribution in [0.15, 0.2) is 30.3 Å². The first-order valence-corrected chi connectivity index (χ1v) is 10.0. The molecule has 0 heterocycles. The van der Waals surface area contributed by atoms with E-state index in [9.17, 15) is 0 Å². The molecule has 0 radical (unpaired) electrons. The molecule has 2 fully saturated rings. The minimum Gasteiger partial charge on any atom is -0.311 e. The monoisotopic (exact) mass is 328 g/mol. The zero-order valence-electron chi connectivity index (χ0n) is 16.1. The molecule has 2 aliphatic rings. The van der Waals surface area contributed by atoms with Crippen molar-refractivity contribution in [3.8, 4) is 0 Å². The number of nitrogens with one attached hydrogen (secondary N) is 2. The van der Waals surface area contributed by atoms with Crippen LogP contribution >= 0.6 is 0 Å². The highest BCUT2D eigenvalue weighted by Crippen LogP contribution is 2.42. The van der Waals surface area contributed by atoms with E-state index in [0.29, 0.717) is 11.6 Å². The largest absolute Gasteiger partial charge is 0.311 e. The smallest absolute Gasteiger partial charge is 0.0187 e. The summed E-state index contributed by atoms with van der Waals surface area (Å²) in [5, 5.41) is 7.93. The Balaban J connectivity index is 1.50. The summed E-state index contributed by atoms with van der Waals surface area (Å²) in [5.74, 6) is 0.751. The molecule has 24 heavy (non-hydrogen) atoms. The van der Waals surface area contributed by atoms with E-state index in [1.165, 1.54) is 50.5 Å². The van der Waals surface area contributed by atoms with Gasteiger partial charge in [0, 0.05) is 29.1 Å². The van der Waals surface area contributed by atoms with E-state index in [1.807, 2.05) is 0 Å². The number of benzene rings is 1. The Morgan fingerprint density at radius 3 is 2.33 bits per heavy atom. The van der Waals surface area contributed by atoms with Crippen molar-refractivity contribution < 1.29 is 0 Å². The third-order valence-corrected chi connectivity index (χ3v) is 5.78. The molecule has 0 saturated heterocycles. The minimum absolute atomic E-state index is 0.213. The molecule has 2 unspecified atom stereocenters. The molecule has 2 atom stereocenters. The standard InChI is InChI=1S/C22H36N2/c1-5-13-22(24-21(2,3)4)14-11-18(12-15-22)23-20-16-19(20)17-9-7-6-8-10-17/h6-10,18-20,23-24H,5,11-16H2,1-4H3. The molecule has 134 valence electrons. The van der Waals surface area contributed by atoms with Gasteiger partial charge in [-0.15, -0.1) is 0 Å². The van der Waals surface area contributed by atoms with Crippen LogP contribution in [0.1, 0.15) is 84.1 Å². The van der Waals surface area contributed by atoms with E-state index in [4.69, 9.17) is 0 Å². The van der Waals surface area contributed by atoms with Crippen molar-refractivity contribution in [1.29, 1.82) is 0 Å². The normalized spacial score (nSPS) is 33.4. The van der Waals surface area contributed by atoms with Gasteiger partial charge in [-0.2, -0.15) is 0 Å². The summed E-state index contributed by atoms with van der Waals surface area (Å²) < 4.78 is 0. The van der Waals surface area contributed by atoms with Gasteiger partial charge in [0.2, 0.25) is 0 Å². The molecule has 1 aromatic rings. The zero-order valence-corrected chi connectivity index (χ0v) is 16.1. The van der Waals surface area contributed by atoms with Crippen LogP contribution in [-0.4, -0.2) is 23.2 Å². The van der Waals surface area contributed by atoms with Gasteiger partial charge in [-0.3, -0.25) is 0 Å². The van der Waals surface area contributed by atoms with Crippen LogP contribution in [0.3, 0.4) is 0 Å². The Kier molecular flexibility index (Phi) is 5.36. The Morgan fingerprint density at radius 2 is 1.75 bits per heavy atom. The highest BCUT2D eigenvalue weighted by atomic mass is 15.1. The van der Waals surface area contributed by atoms with Gasteiger partial charge in [0.1, 0.15) is 0 Å². The van der Waals surface area contributed by atoms with E-state index in [1.54, 1.807) is 0 Å². The summed E-state index contributed by atoms with van der Waals surface area (Å²) in [4.78, 5) is 0. The van der Waals surface area contributed by atoms with Crippen molar-refractivity contribution in [3.05, 3.63) is 35.9 Å². The molecule has 2 N–H and O–H groups in total. The van der Waals surface area contributed by atoms with Gasteiger partial charge in [0.05, 0.1) is 0 Å². The van der Waals surface area contributed by atoms with Crippen LogP contribution in [0, 0.1) is 0 Å². The molecule has 2 heteroatoms. The predicted molar refractivity (Wildman–Crippen MR) is 104 cm³/mol. The highest BCUT2D eigenvalue weighted by Gasteiger charge is 2.42. The summed E-state index contributed by atoms with van der Waals surface area (Å²) in [5.41, 5.74) is 2.10. The van der Waals surface area contributed by atoms with E-state index in [0.717, 1.165) is 12.0 Å². The Bertz CT molecular complexity index is 509. The van der Waals surface area contributed by atoms with Crippen LogP contribution in [0.25, 0.3) is 0 Å². The van der Waals surface area contributed by atoms with E-state index in [-0.39, 0.29) is 5.54 Å². The molecule has 0 amide bonds. The average molecular weight is 329 g/mol. The van der Waals surface area contributed by atoms with Gasteiger partial charge in [0.15, 0.2) is 0 Å². The minimum atomic E-state index is 0.213. The quantitative estimate of drug-likeness (QED) is 0.767. The molecule has 0 bridgehead atoms. The van der Waals surface area contributed by atoms with E-state index >= 15 is 0 Å². The van der Waals surface area contributed by atoms with Gasteiger partial charge in [-0.05, 0) is 64.9 Å². The molecular formula is C22H36N2. The van der Waals surface area contributed by atoms with Gasteiger partial charge in [0.25, 0.3) is 0 Å². The summed E-state index contributed by atoms with van der Waals surface area (Å²) in [6.07, 6.45) is 9.19. The molecule has 2 aliphatic carbocycles. The predicted octanol–water partition coefficient (Wildman–Crippen LogP) is 5.00. The number of hydrogen-bond donors (Lipinski definition) is 2. The second kappa shape index (κ2) is 7.17. The molecule has 1 aromatic carbocycles. The first-order valence-electron chi connectivity index (χ1n) is 10.0. The third kappa shape index (κ3) is 4.61. The van der Waals surface area contributed by atoms with E-state index < -0.39 is 0 Å². The van der Waals surface area contributed by atoms with Crippen LogP contribution in [0.5, 0.6) is 0 Å². The van der Waals surface area contributed by atoms with Crippen molar-refractivity contribution in [3.63, 3.8) is 0 Å². The Labute approximate surface area is 148 Å². The number of rotatable bonds is 6. The van der Waals surface area contributed by atoms with Crippen molar-refractivity contribution in [2.24, 2.45) is 0 Å². The summed E-state index contributed by atoms with van der Waals surface area (Å²) in [7, 11) is 0. The maximum absolute atomic E-state index is 3.97. The number of hydrogen-bond acceptors (Lipinski definition) is 2. The van der Waals surface area contributed by atoms with Crippen LogP contribution < -0.4 is 10.6 Å².